The number of aromatic amines is 1. The Morgan fingerprint density at radius 3 is 2.81 bits per heavy atom. The fraction of sp³-hybridized carbons (Fsp3) is 0.0625. The summed E-state index contributed by atoms with van der Waals surface area (Å²) in [4.78, 5) is 38.0. The molecule has 0 unspecified atom stereocenters. The minimum atomic E-state index is -0.743. The van der Waals surface area contributed by atoms with Crippen molar-refractivity contribution in [3.05, 3.63) is 50.7 Å². The van der Waals surface area contributed by atoms with Gasteiger partial charge in [0.05, 0.1) is 25.7 Å². The number of thiophene rings is 1. The van der Waals surface area contributed by atoms with Crippen LogP contribution in [0.1, 0.15) is 10.4 Å². The highest BCUT2D eigenvalue weighted by atomic mass is 79.9. The van der Waals surface area contributed by atoms with Gasteiger partial charge in [0.25, 0.3) is 11.5 Å². The van der Waals surface area contributed by atoms with Crippen molar-refractivity contribution in [2.45, 2.75) is 4.21 Å². The second-order valence-corrected chi connectivity index (χ2v) is 8.38. The number of anilines is 1. The minimum Gasteiger partial charge on any atom is -0.506 e. The zero-order valence-electron chi connectivity index (χ0n) is 13.0. The molecule has 2 aromatic heterocycles. The van der Waals surface area contributed by atoms with Crippen LogP contribution in [-0.2, 0) is 4.79 Å². The predicted octanol–water partition coefficient (Wildman–Crippen LogP) is 2.89. The van der Waals surface area contributed by atoms with E-state index in [0.29, 0.717) is 14.6 Å². The van der Waals surface area contributed by atoms with Gasteiger partial charge in [0.2, 0.25) is 5.91 Å². The number of nitrogens with two attached hydrogens (primary N) is 1. The molecule has 0 aliphatic rings. The van der Waals surface area contributed by atoms with Gasteiger partial charge < -0.3 is 21.1 Å². The number of thioether (sulfide) groups is 1. The molecule has 7 nitrogen and oxygen atoms in total. The summed E-state index contributed by atoms with van der Waals surface area (Å²) in [5.41, 5.74) is 5.79. The zero-order chi connectivity index (χ0) is 18.8. The summed E-state index contributed by atoms with van der Waals surface area (Å²) >= 11 is 5.53. The molecule has 0 saturated carbocycles. The molecule has 3 aromatic rings. The van der Waals surface area contributed by atoms with Crippen LogP contribution in [0.15, 0.2) is 43.8 Å². The lowest BCUT2D eigenvalue weighted by Crippen LogP contribution is -2.15. The number of halogens is 1. The van der Waals surface area contributed by atoms with Crippen molar-refractivity contribution in [1.29, 1.82) is 0 Å². The van der Waals surface area contributed by atoms with Crippen molar-refractivity contribution in [2.24, 2.45) is 5.73 Å². The van der Waals surface area contributed by atoms with Crippen LogP contribution in [0.2, 0.25) is 0 Å². The molecule has 0 atom stereocenters. The minimum absolute atomic E-state index is 0.0324. The molecular formula is C16H12BrN3O4S2. The van der Waals surface area contributed by atoms with Crippen LogP contribution in [0, 0.1) is 0 Å². The van der Waals surface area contributed by atoms with Gasteiger partial charge in [-0.05, 0) is 18.2 Å². The normalized spacial score (nSPS) is 10.8. The summed E-state index contributed by atoms with van der Waals surface area (Å²) < 4.78 is 1.63. The summed E-state index contributed by atoms with van der Waals surface area (Å²) in [5, 5.41) is 12.7. The van der Waals surface area contributed by atoms with Gasteiger partial charge in [-0.3, -0.25) is 14.4 Å². The first-order chi connectivity index (χ1) is 12.3. The number of fused-ring (bicyclic) bond motifs is 1. The van der Waals surface area contributed by atoms with Gasteiger partial charge in [-0.1, -0.05) is 22.0 Å². The van der Waals surface area contributed by atoms with E-state index in [2.05, 4.69) is 26.2 Å². The maximum Gasteiger partial charge on any atom is 0.252 e. The Bertz CT molecular complexity index is 1080. The highest BCUT2D eigenvalue weighted by molar-refractivity contribution is 9.10. The smallest absolute Gasteiger partial charge is 0.252 e. The fourth-order valence-corrected chi connectivity index (χ4v) is 4.93. The summed E-state index contributed by atoms with van der Waals surface area (Å²) in [6.07, 6.45) is 0. The molecule has 0 spiro atoms. The van der Waals surface area contributed by atoms with E-state index in [1.165, 1.54) is 0 Å². The molecule has 134 valence electrons. The molecule has 0 fully saturated rings. The summed E-state index contributed by atoms with van der Waals surface area (Å²) in [6, 6.07) is 8.18. The van der Waals surface area contributed by atoms with E-state index in [1.807, 2.05) is 6.07 Å². The zero-order valence-corrected chi connectivity index (χ0v) is 16.3. The predicted molar refractivity (Wildman–Crippen MR) is 106 cm³/mol. The van der Waals surface area contributed by atoms with Gasteiger partial charge in [0, 0.05) is 16.2 Å². The SMILES string of the molecule is NC(=O)c1c(SCC(=O)Nc2cccc(Br)c2)sc2c(O)cc(=O)[nH]c12. The third-order valence-electron chi connectivity index (χ3n) is 3.31. The maximum atomic E-state index is 12.1. The molecule has 26 heavy (non-hydrogen) atoms. The topological polar surface area (TPSA) is 125 Å². The number of hydrogen-bond donors (Lipinski definition) is 4. The third-order valence-corrected chi connectivity index (χ3v) is 6.29. The van der Waals surface area contributed by atoms with Gasteiger partial charge in [-0.25, -0.2) is 0 Å². The number of carbonyl (C=O) groups excluding carboxylic acids is 2. The molecule has 0 aliphatic heterocycles. The van der Waals surface area contributed by atoms with Gasteiger partial charge in [0.1, 0.15) is 5.75 Å². The van der Waals surface area contributed by atoms with E-state index in [4.69, 9.17) is 5.73 Å². The number of rotatable bonds is 5. The highest BCUT2D eigenvalue weighted by Crippen LogP contribution is 2.40. The van der Waals surface area contributed by atoms with Crippen LogP contribution in [0.3, 0.4) is 0 Å². The van der Waals surface area contributed by atoms with Crippen LogP contribution < -0.4 is 16.6 Å². The first-order valence-electron chi connectivity index (χ1n) is 7.22. The number of pyridine rings is 1. The highest BCUT2D eigenvalue weighted by Gasteiger charge is 2.21. The average Bonchev–Trinajstić information content (AvgIpc) is 2.91. The summed E-state index contributed by atoms with van der Waals surface area (Å²) in [5.74, 6) is -1.21. The molecule has 10 heteroatoms. The van der Waals surface area contributed by atoms with Gasteiger partial charge in [0.15, 0.2) is 0 Å². The van der Waals surface area contributed by atoms with Crippen LogP contribution in [-0.4, -0.2) is 27.7 Å². The Kier molecular flexibility index (Phi) is 5.35. The maximum absolute atomic E-state index is 12.1. The molecular weight excluding hydrogens is 442 g/mol. The van der Waals surface area contributed by atoms with Crippen molar-refractivity contribution >= 4 is 66.7 Å². The molecule has 0 radical (unpaired) electrons. The quantitative estimate of drug-likeness (QED) is 0.441. The summed E-state index contributed by atoms with van der Waals surface area (Å²) in [7, 11) is 0. The molecule has 2 amide bonds. The molecule has 0 aliphatic carbocycles. The van der Waals surface area contributed by atoms with E-state index in [-0.39, 0.29) is 28.5 Å². The molecule has 2 heterocycles. The number of H-pyrrole nitrogens is 1. The van der Waals surface area contributed by atoms with Crippen LogP contribution in [0.5, 0.6) is 5.75 Å². The largest absolute Gasteiger partial charge is 0.506 e. The Hall–Kier alpha value is -2.30. The Morgan fingerprint density at radius 2 is 2.12 bits per heavy atom. The number of aromatic hydroxyl groups is 1. The van der Waals surface area contributed by atoms with E-state index in [9.17, 15) is 19.5 Å². The van der Waals surface area contributed by atoms with E-state index in [0.717, 1.165) is 33.6 Å². The molecule has 1 aromatic carbocycles. The Morgan fingerprint density at radius 1 is 1.35 bits per heavy atom. The molecule has 0 saturated heterocycles. The molecule has 3 rings (SSSR count). The van der Waals surface area contributed by atoms with Gasteiger partial charge >= 0.3 is 0 Å². The number of hydrogen-bond acceptors (Lipinski definition) is 6. The third kappa shape index (κ3) is 3.92. The van der Waals surface area contributed by atoms with Crippen LogP contribution in [0.4, 0.5) is 5.69 Å². The van der Waals surface area contributed by atoms with E-state index in [1.54, 1.807) is 18.2 Å². The van der Waals surface area contributed by atoms with E-state index < -0.39 is 11.5 Å². The van der Waals surface area contributed by atoms with Crippen molar-refractivity contribution < 1.29 is 14.7 Å². The number of aromatic nitrogens is 1. The fourth-order valence-electron chi connectivity index (χ4n) is 2.28. The number of nitrogens with one attached hydrogen (secondary N) is 2. The molecule has 0 bridgehead atoms. The number of carbonyl (C=O) groups is 2. The monoisotopic (exact) mass is 453 g/mol. The van der Waals surface area contributed by atoms with Crippen molar-refractivity contribution in [3.63, 3.8) is 0 Å². The lowest BCUT2D eigenvalue weighted by Gasteiger charge is -2.05. The Labute approximate surface area is 163 Å². The van der Waals surface area contributed by atoms with Gasteiger partial charge in [-0.15, -0.1) is 23.1 Å². The Balaban J connectivity index is 1.83. The second kappa shape index (κ2) is 7.52. The summed E-state index contributed by atoms with van der Waals surface area (Å²) in [6.45, 7) is 0. The second-order valence-electron chi connectivity index (χ2n) is 5.20. The molecule has 5 N–H and O–H groups in total. The lowest BCUT2D eigenvalue weighted by molar-refractivity contribution is -0.113. The van der Waals surface area contributed by atoms with Crippen molar-refractivity contribution in [1.82, 2.24) is 4.98 Å². The standard InChI is InChI=1S/C16H12BrN3O4S2/c17-7-2-1-3-8(4-7)19-11(23)6-25-16-12(15(18)24)13-14(26-16)9(21)5-10(22)20-13/h1-5H,6H2,(H2,18,24)(H,19,23)(H2,20,21,22). The average molecular weight is 454 g/mol. The van der Waals surface area contributed by atoms with E-state index >= 15 is 0 Å². The van der Waals surface area contributed by atoms with Crippen LogP contribution >= 0.6 is 39.0 Å². The first kappa shape index (κ1) is 18.5. The van der Waals surface area contributed by atoms with Crippen LogP contribution in [0.25, 0.3) is 10.2 Å². The van der Waals surface area contributed by atoms with Gasteiger partial charge in [-0.2, -0.15) is 0 Å². The van der Waals surface area contributed by atoms with Crippen molar-refractivity contribution in [3.8, 4) is 5.75 Å². The number of primary amides is 1. The first-order valence-corrected chi connectivity index (χ1v) is 9.81. The lowest BCUT2D eigenvalue weighted by atomic mass is 10.2. The number of amides is 2. The number of benzene rings is 1. The van der Waals surface area contributed by atoms with Crippen molar-refractivity contribution in [2.75, 3.05) is 11.1 Å².